The van der Waals surface area contributed by atoms with E-state index in [9.17, 15) is 12.8 Å². The number of rotatable bonds is 9. The highest BCUT2D eigenvalue weighted by Gasteiger charge is 2.43. The van der Waals surface area contributed by atoms with Crippen LogP contribution >= 0.6 is 0 Å². The van der Waals surface area contributed by atoms with Gasteiger partial charge in [-0.2, -0.15) is 0 Å². The molecule has 1 heterocycles. The molecular formula is C26H26FN5O2S. The van der Waals surface area contributed by atoms with Crippen molar-refractivity contribution in [3.63, 3.8) is 0 Å². The first-order valence-electron chi connectivity index (χ1n) is 11.4. The van der Waals surface area contributed by atoms with Gasteiger partial charge in [-0.25, -0.2) is 27.6 Å². The average Bonchev–Trinajstić information content (AvgIpc) is 3.54. The lowest BCUT2D eigenvalue weighted by atomic mass is 9.96. The van der Waals surface area contributed by atoms with E-state index in [1.54, 1.807) is 0 Å². The second-order valence-corrected chi connectivity index (χ2v) is 10.5. The number of aromatic nitrogens is 3. The SMILES string of the molecule is NS(=O)(=O)c1ccc(-n2nc(CNCC3(c4ccccc4)CC3)nc2Cc2ccccc2)c(F)c1. The first-order valence-corrected chi connectivity index (χ1v) is 13.0. The normalized spacial score (nSPS) is 14.7. The molecule has 5 rings (SSSR count). The fraction of sp³-hybridized carbons (Fsp3) is 0.231. The zero-order chi connectivity index (χ0) is 24.5. The molecule has 1 fully saturated rings. The van der Waals surface area contributed by atoms with Crippen LogP contribution in [0.1, 0.15) is 35.6 Å². The van der Waals surface area contributed by atoms with Crippen LogP contribution < -0.4 is 10.5 Å². The monoisotopic (exact) mass is 491 g/mol. The molecule has 1 aliphatic rings. The summed E-state index contributed by atoms with van der Waals surface area (Å²) in [7, 11) is -4.02. The van der Waals surface area contributed by atoms with Crippen LogP contribution in [0.5, 0.6) is 0 Å². The Hall–Kier alpha value is -3.40. The van der Waals surface area contributed by atoms with Crippen molar-refractivity contribution in [2.45, 2.75) is 36.1 Å². The molecule has 7 nitrogen and oxygen atoms in total. The lowest BCUT2D eigenvalue weighted by molar-refractivity contribution is 0.560. The first-order chi connectivity index (χ1) is 16.8. The van der Waals surface area contributed by atoms with Crippen molar-refractivity contribution in [3.8, 4) is 5.69 Å². The smallest absolute Gasteiger partial charge is 0.238 e. The minimum Gasteiger partial charge on any atom is -0.309 e. The molecule has 0 saturated heterocycles. The molecule has 0 aliphatic heterocycles. The zero-order valence-electron chi connectivity index (χ0n) is 19.1. The third-order valence-electron chi connectivity index (χ3n) is 6.39. The van der Waals surface area contributed by atoms with Gasteiger partial charge in [0.05, 0.1) is 11.4 Å². The third kappa shape index (κ3) is 5.17. The van der Waals surface area contributed by atoms with E-state index in [0.29, 0.717) is 24.6 Å². The fourth-order valence-electron chi connectivity index (χ4n) is 4.31. The number of halogens is 1. The van der Waals surface area contributed by atoms with Gasteiger partial charge >= 0.3 is 0 Å². The highest BCUT2D eigenvalue weighted by molar-refractivity contribution is 7.89. The predicted molar refractivity (Wildman–Crippen MR) is 131 cm³/mol. The van der Waals surface area contributed by atoms with Gasteiger partial charge in [-0.1, -0.05) is 60.7 Å². The molecule has 0 amide bonds. The summed E-state index contributed by atoms with van der Waals surface area (Å²) in [5.41, 5.74) is 2.59. The molecule has 1 aromatic heterocycles. The molecule has 4 aromatic rings. The van der Waals surface area contributed by atoms with E-state index in [2.05, 4.69) is 39.7 Å². The van der Waals surface area contributed by atoms with Crippen LogP contribution in [0.4, 0.5) is 4.39 Å². The summed E-state index contributed by atoms with van der Waals surface area (Å²) in [4.78, 5) is 4.40. The highest BCUT2D eigenvalue weighted by Crippen LogP contribution is 2.47. The predicted octanol–water partition coefficient (Wildman–Crippen LogP) is 3.47. The van der Waals surface area contributed by atoms with Gasteiger partial charge in [-0.3, -0.25) is 0 Å². The van der Waals surface area contributed by atoms with Crippen LogP contribution in [0.25, 0.3) is 5.69 Å². The molecule has 0 atom stereocenters. The number of hydrogen-bond donors (Lipinski definition) is 2. The van der Waals surface area contributed by atoms with E-state index >= 15 is 0 Å². The Bertz CT molecular complexity index is 1440. The summed E-state index contributed by atoms with van der Waals surface area (Å²) >= 11 is 0. The maximum Gasteiger partial charge on any atom is 0.238 e. The lowest BCUT2D eigenvalue weighted by Crippen LogP contribution is -2.27. The molecular weight excluding hydrogens is 465 g/mol. The van der Waals surface area contributed by atoms with E-state index in [1.165, 1.54) is 22.4 Å². The van der Waals surface area contributed by atoms with E-state index in [4.69, 9.17) is 5.14 Å². The van der Waals surface area contributed by atoms with Gasteiger partial charge in [-0.15, -0.1) is 5.10 Å². The second-order valence-electron chi connectivity index (χ2n) is 8.93. The summed E-state index contributed by atoms with van der Waals surface area (Å²) < 4.78 is 39.7. The summed E-state index contributed by atoms with van der Waals surface area (Å²) in [5.74, 6) is 0.352. The van der Waals surface area contributed by atoms with Crippen LogP contribution in [-0.4, -0.2) is 29.7 Å². The summed E-state index contributed by atoms with van der Waals surface area (Å²) in [6.07, 6.45) is 2.71. The number of nitrogens with two attached hydrogens (primary N) is 1. The minimum atomic E-state index is -4.02. The molecule has 1 saturated carbocycles. The number of nitrogens with zero attached hydrogens (tertiary/aromatic N) is 3. The van der Waals surface area contributed by atoms with Crippen LogP contribution in [0.3, 0.4) is 0 Å². The number of sulfonamides is 1. The molecule has 9 heteroatoms. The molecule has 3 N–H and O–H groups in total. The van der Waals surface area contributed by atoms with Crippen molar-refractivity contribution in [3.05, 3.63) is 107 Å². The Labute approximate surface area is 203 Å². The second kappa shape index (κ2) is 9.33. The van der Waals surface area contributed by atoms with Crippen LogP contribution in [-0.2, 0) is 28.4 Å². The molecule has 3 aromatic carbocycles. The van der Waals surface area contributed by atoms with Crippen molar-refractivity contribution in [2.24, 2.45) is 5.14 Å². The van der Waals surface area contributed by atoms with E-state index in [1.807, 2.05) is 36.4 Å². The van der Waals surface area contributed by atoms with Crippen molar-refractivity contribution in [1.82, 2.24) is 20.1 Å². The molecule has 0 spiro atoms. The minimum absolute atomic E-state index is 0.116. The molecule has 0 unspecified atom stereocenters. The van der Waals surface area contributed by atoms with Gasteiger partial charge < -0.3 is 5.32 Å². The Morgan fingerprint density at radius 3 is 2.31 bits per heavy atom. The Kier molecular flexibility index (Phi) is 6.22. The first kappa shape index (κ1) is 23.3. The van der Waals surface area contributed by atoms with Gasteiger partial charge in [0, 0.05) is 18.4 Å². The number of benzene rings is 3. The Morgan fingerprint density at radius 2 is 1.69 bits per heavy atom. The van der Waals surface area contributed by atoms with Crippen molar-refractivity contribution in [1.29, 1.82) is 0 Å². The maximum absolute atomic E-state index is 15.0. The van der Waals surface area contributed by atoms with E-state index in [0.717, 1.165) is 31.0 Å². The molecule has 180 valence electrons. The molecule has 1 aliphatic carbocycles. The van der Waals surface area contributed by atoms with Crippen LogP contribution in [0, 0.1) is 5.82 Å². The van der Waals surface area contributed by atoms with Crippen molar-refractivity contribution >= 4 is 10.0 Å². The summed E-state index contributed by atoms with van der Waals surface area (Å²) in [6, 6.07) is 23.7. The lowest BCUT2D eigenvalue weighted by Gasteiger charge is -2.15. The quantitative estimate of drug-likeness (QED) is 0.373. The maximum atomic E-state index is 15.0. The van der Waals surface area contributed by atoms with Crippen molar-refractivity contribution in [2.75, 3.05) is 6.54 Å². The van der Waals surface area contributed by atoms with E-state index in [-0.39, 0.29) is 16.0 Å². The molecule has 0 radical (unpaired) electrons. The molecule has 35 heavy (non-hydrogen) atoms. The standard InChI is InChI=1S/C26H26FN5O2S/c27-22-16-21(35(28,33)34)11-12-23(22)32-25(15-19-7-3-1-4-8-19)30-24(31-32)17-29-18-26(13-14-26)20-9-5-2-6-10-20/h1-12,16,29H,13-15,17-18H2,(H2,28,33,34). The fourth-order valence-corrected chi connectivity index (χ4v) is 4.84. The van der Waals surface area contributed by atoms with Gasteiger partial charge in [0.2, 0.25) is 10.0 Å². The van der Waals surface area contributed by atoms with Gasteiger partial charge in [0.25, 0.3) is 0 Å². The molecule has 0 bridgehead atoms. The number of hydrogen-bond acceptors (Lipinski definition) is 5. The Balaban J connectivity index is 1.40. The summed E-state index contributed by atoms with van der Waals surface area (Å²) in [5, 5.41) is 13.2. The number of nitrogens with one attached hydrogen (secondary N) is 1. The Morgan fingerprint density at radius 1 is 1.00 bits per heavy atom. The van der Waals surface area contributed by atoms with Gasteiger partial charge in [-0.05, 0) is 42.2 Å². The van der Waals surface area contributed by atoms with E-state index < -0.39 is 15.8 Å². The zero-order valence-corrected chi connectivity index (χ0v) is 19.9. The largest absolute Gasteiger partial charge is 0.309 e. The number of primary sulfonamides is 1. The van der Waals surface area contributed by atoms with Crippen molar-refractivity contribution < 1.29 is 12.8 Å². The highest BCUT2D eigenvalue weighted by atomic mass is 32.2. The summed E-state index contributed by atoms with van der Waals surface area (Å²) in [6.45, 7) is 1.23. The van der Waals surface area contributed by atoms with Crippen LogP contribution in [0.15, 0.2) is 83.8 Å². The van der Waals surface area contributed by atoms with Crippen LogP contribution in [0.2, 0.25) is 0 Å². The average molecular weight is 492 g/mol. The van der Waals surface area contributed by atoms with Gasteiger partial charge in [0.15, 0.2) is 5.82 Å². The van der Waals surface area contributed by atoms with Gasteiger partial charge in [0.1, 0.15) is 17.3 Å². The topological polar surface area (TPSA) is 103 Å². The third-order valence-corrected chi connectivity index (χ3v) is 7.30.